The molecular weight excluding hydrogens is 349 g/mol. The molecule has 0 saturated heterocycles. The molecule has 6 heteroatoms. The number of nitrogens with one attached hydrogen (secondary N) is 1. The lowest BCUT2D eigenvalue weighted by atomic mass is 10.1. The molecule has 0 saturated carbocycles. The molecule has 27 heavy (non-hydrogen) atoms. The fourth-order valence-corrected chi connectivity index (χ4v) is 2.24. The fourth-order valence-electron chi connectivity index (χ4n) is 2.24. The molecule has 0 fully saturated rings. The predicted molar refractivity (Wildman–Crippen MR) is 100 cm³/mol. The highest BCUT2D eigenvalue weighted by molar-refractivity contribution is 6.02. The van der Waals surface area contributed by atoms with Crippen LogP contribution in [0.3, 0.4) is 0 Å². The van der Waals surface area contributed by atoms with E-state index in [4.69, 9.17) is 4.74 Å². The van der Waals surface area contributed by atoms with Crippen molar-refractivity contribution in [2.75, 3.05) is 5.32 Å². The molecule has 0 aliphatic rings. The lowest BCUT2D eigenvalue weighted by Crippen LogP contribution is -2.24. The zero-order valence-corrected chi connectivity index (χ0v) is 15.7. The first-order valence-corrected chi connectivity index (χ1v) is 8.61. The second-order valence-electron chi connectivity index (χ2n) is 6.60. The standard InChI is InChI=1S/C21H22FNO4/c1-12(2)20(25)23-17-9-7-15(8-10-17)19(24)14(4)27-21(26)16-6-5-13(3)18(22)11-16/h5-12,14H,1-4H3,(H,23,25)/t14-/m0/s1. The normalized spacial score (nSPS) is 11.8. The summed E-state index contributed by atoms with van der Waals surface area (Å²) in [5.41, 5.74) is 1.38. The Kier molecular flexibility index (Phi) is 6.45. The third-order valence-electron chi connectivity index (χ3n) is 4.02. The number of benzene rings is 2. The van der Waals surface area contributed by atoms with Crippen molar-refractivity contribution in [1.29, 1.82) is 0 Å². The zero-order chi connectivity index (χ0) is 20.1. The van der Waals surface area contributed by atoms with Gasteiger partial charge in [0, 0.05) is 17.2 Å². The van der Waals surface area contributed by atoms with Crippen molar-refractivity contribution < 1.29 is 23.5 Å². The first-order valence-electron chi connectivity index (χ1n) is 8.61. The highest BCUT2D eigenvalue weighted by Gasteiger charge is 2.21. The Labute approximate surface area is 157 Å². The number of ether oxygens (including phenoxy) is 1. The average molecular weight is 371 g/mol. The topological polar surface area (TPSA) is 72.5 Å². The van der Waals surface area contributed by atoms with Gasteiger partial charge < -0.3 is 10.1 Å². The Morgan fingerprint density at radius 3 is 2.11 bits per heavy atom. The van der Waals surface area contributed by atoms with Gasteiger partial charge in [0.25, 0.3) is 0 Å². The molecule has 2 aromatic carbocycles. The SMILES string of the molecule is Cc1ccc(C(=O)O[C@@H](C)C(=O)c2ccc(NC(=O)C(C)C)cc2)cc1F. The van der Waals surface area contributed by atoms with Gasteiger partial charge in [0.05, 0.1) is 5.56 Å². The molecule has 1 amide bonds. The van der Waals surface area contributed by atoms with E-state index in [2.05, 4.69) is 5.32 Å². The molecule has 0 spiro atoms. The van der Waals surface area contributed by atoms with Crippen LogP contribution in [0.4, 0.5) is 10.1 Å². The van der Waals surface area contributed by atoms with E-state index in [0.29, 0.717) is 16.8 Å². The Bertz CT molecular complexity index is 859. The molecule has 0 aliphatic heterocycles. The van der Waals surface area contributed by atoms with Gasteiger partial charge in [-0.05, 0) is 55.8 Å². The van der Waals surface area contributed by atoms with Gasteiger partial charge in [-0.3, -0.25) is 9.59 Å². The Morgan fingerprint density at radius 2 is 1.56 bits per heavy atom. The maximum atomic E-state index is 13.6. The van der Waals surface area contributed by atoms with Crippen molar-refractivity contribution in [3.8, 4) is 0 Å². The third-order valence-corrected chi connectivity index (χ3v) is 4.02. The van der Waals surface area contributed by atoms with E-state index in [1.54, 1.807) is 45.0 Å². The Balaban J connectivity index is 2.02. The summed E-state index contributed by atoms with van der Waals surface area (Å²) in [6.07, 6.45) is -1.03. The Hall–Kier alpha value is -3.02. The van der Waals surface area contributed by atoms with Crippen molar-refractivity contribution in [3.05, 3.63) is 65.0 Å². The van der Waals surface area contributed by atoms with Crippen molar-refractivity contribution in [2.24, 2.45) is 5.92 Å². The fraction of sp³-hybridized carbons (Fsp3) is 0.286. The lowest BCUT2D eigenvalue weighted by molar-refractivity contribution is -0.118. The van der Waals surface area contributed by atoms with Crippen molar-refractivity contribution in [1.82, 2.24) is 0 Å². The van der Waals surface area contributed by atoms with E-state index >= 15 is 0 Å². The summed E-state index contributed by atoms with van der Waals surface area (Å²) in [6.45, 7) is 6.61. The van der Waals surface area contributed by atoms with Crippen LogP contribution in [-0.4, -0.2) is 23.8 Å². The molecule has 142 valence electrons. The van der Waals surface area contributed by atoms with E-state index in [1.807, 2.05) is 0 Å². The van der Waals surface area contributed by atoms with Crippen LogP contribution in [0.5, 0.6) is 0 Å². The van der Waals surface area contributed by atoms with Crippen LogP contribution in [0.15, 0.2) is 42.5 Å². The molecule has 0 radical (unpaired) electrons. The summed E-state index contributed by atoms with van der Waals surface area (Å²) in [7, 11) is 0. The second kappa shape index (κ2) is 8.58. The van der Waals surface area contributed by atoms with Gasteiger partial charge in [0.1, 0.15) is 5.82 Å². The van der Waals surface area contributed by atoms with Gasteiger partial charge in [0.2, 0.25) is 11.7 Å². The molecule has 0 aliphatic carbocycles. The summed E-state index contributed by atoms with van der Waals surface area (Å²) in [5, 5.41) is 2.73. The van der Waals surface area contributed by atoms with Crippen LogP contribution >= 0.6 is 0 Å². The lowest BCUT2D eigenvalue weighted by Gasteiger charge is -2.13. The monoisotopic (exact) mass is 371 g/mol. The van der Waals surface area contributed by atoms with Gasteiger partial charge >= 0.3 is 5.97 Å². The molecule has 1 N–H and O–H groups in total. The van der Waals surface area contributed by atoms with E-state index in [0.717, 1.165) is 6.07 Å². The number of hydrogen-bond acceptors (Lipinski definition) is 4. The Morgan fingerprint density at radius 1 is 0.963 bits per heavy atom. The quantitative estimate of drug-likeness (QED) is 0.611. The van der Waals surface area contributed by atoms with E-state index in [-0.39, 0.29) is 17.4 Å². The molecule has 0 unspecified atom stereocenters. The highest BCUT2D eigenvalue weighted by Crippen LogP contribution is 2.15. The minimum Gasteiger partial charge on any atom is -0.451 e. The number of anilines is 1. The molecule has 5 nitrogen and oxygen atoms in total. The minimum atomic E-state index is -1.03. The number of esters is 1. The summed E-state index contributed by atoms with van der Waals surface area (Å²) in [4.78, 5) is 36.2. The summed E-state index contributed by atoms with van der Waals surface area (Å²) >= 11 is 0. The van der Waals surface area contributed by atoms with Crippen LogP contribution < -0.4 is 5.32 Å². The largest absolute Gasteiger partial charge is 0.451 e. The van der Waals surface area contributed by atoms with Crippen LogP contribution in [0, 0.1) is 18.7 Å². The van der Waals surface area contributed by atoms with E-state index < -0.39 is 23.7 Å². The predicted octanol–water partition coefficient (Wildman–Crippen LogP) is 4.16. The van der Waals surface area contributed by atoms with Gasteiger partial charge in [-0.2, -0.15) is 0 Å². The first kappa shape index (κ1) is 20.3. The second-order valence-corrected chi connectivity index (χ2v) is 6.60. The maximum Gasteiger partial charge on any atom is 0.338 e. The molecule has 0 bridgehead atoms. The number of halogens is 1. The highest BCUT2D eigenvalue weighted by atomic mass is 19.1. The van der Waals surface area contributed by atoms with Gasteiger partial charge in [-0.25, -0.2) is 9.18 Å². The molecule has 2 aromatic rings. The van der Waals surface area contributed by atoms with Crippen LogP contribution in [0.2, 0.25) is 0 Å². The van der Waals surface area contributed by atoms with Gasteiger partial charge in [0.15, 0.2) is 6.10 Å². The van der Waals surface area contributed by atoms with Crippen molar-refractivity contribution in [2.45, 2.75) is 33.8 Å². The number of carbonyl (C=O) groups excluding carboxylic acids is 3. The summed E-state index contributed by atoms with van der Waals surface area (Å²) in [5.74, 6) is -1.95. The molecular formula is C21H22FNO4. The van der Waals surface area contributed by atoms with Crippen molar-refractivity contribution >= 4 is 23.3 Å². The van der Waals surface area contributed by atoms with Crippen molar-refractivity contribution in [3.63, 3.8) is 0 Å². The van der Waals surface area contributed by atoms with Crippen LogP contribution in [0.1, 0.15) is 47.1 Å². The molecule has 0 aromatic heterocycles. The number of rotatable bonds is 6. The van der Waals surface area contributed by atoms with E-state index in [9.17, 15) is 18.8 Å². The first-order chi connectivity index (χ1) is 12.7. The third kappa shape index (κ3) is 5.23. The number of carbonyl (C=O) groups is 3. The average Bonchev–Trinajstić information content (AvgIpc) is 2.63. The number of ketones is 1. The van der Waals surface area contributed by atoms with Gasteiger partial charge in [-0.1, -0.05) is 19.9 Å². The number of aryl methyl sites for hydroxylation is 1. The summed E-state index contributed by atoms with van der Waals surface area (Å²) < 4.78 is 18.7. The molecule has 2 rings (SSSR count). The molecule has 1 atom stereocenters. The maximum absolute atomic E-state index is 13.6. The van der Waals surface area contributed by atoms with Gasteiger partial charge in [-0.15, -0.1) is 0 Å². The van der Waals surface area contributed by atoms with Crippen LogP contribution in [-0.2, 0) is 9.53 Å². The minimum absolute atomic E-state index is 0.0458. The van der Waals surface area contributed by atoms with E-state index in [1.165, 1.54) is 19.1 Å². The summed E-state index contributed by atoms with van der Waals surface area (Å²) in [6, 6.07) is 10.3. The number of amides is 1. The number of hydrogen-bond donors (Lipinski definition) is 1. The van der Waals surface area contributed by atoms with Crippen LogP contribution in [0.25, 0.3) is 0 Å². The smallest absolute Gasteiger partial charge is 0.338 e. The number of Topliss-reactive ketones (excluding diaryl/α,β-unsaturated/α-hetero) is 1. The molecule has 0 heterocycles. The zero-order valence-electron chi connectivity index (χ0n) is 15.7.